The number of hydrogen-bond acceptors (Lipinski definition) is 6. The first-order valence-electron chi connectivity index (χ1n) is 18.7. The van der Waals surface area contributed by atoms with Crippen molar-refractivity contribution in [3.63, 3.8) is 0 Å². The van der Waals surface area contributed by atoms with Gasteiger partial charge in [-0.2, -0.15) is 0 Å². The number of nitrogens with two attached hydrogens (primary N) is 1. The minimum Gasteiger partial charge on any atom is -0.387 e. The quantitative estimate of drug-likeness (QED) is 0.0304. The molecule has 0 aromatic heterocycles. The van der Waals surface area contributed by atoms with Gasteiger partial charge in [0.05, 0.1) is 25.4 Å². The van der Waals surface area contributed by atoms with Crippen molar-refractivity contribution in [2.75, 3.05) is 19.8 Å². The van der Waals surface area contributed by atoms with Gasteiger partial charge in [0.25, 0.3) is 0 Å². The summed E-state index contributed by atoms with van der Waals surface area (Å²) in [5.41, 5.74) is 5.34. The van der Waals surface area contributed by atoms with Crippen molar-refractivity contribution in [2.24, 2.45) is 5.73 Å². The number of phosphoric acid groups is 1. The Morgan fingerprint density at radius 1 is 0.714 bits per heavy atom. The second kappa shape index (κ2) is 35.5. The number of phosphoric ester groups is 1. The molecule has 0 aliphatic heterocycles. The fraction of sp³-hybridized carbons (Fsp3) is 0.625. The fourth-order valence-electron chi connectivity index (χ4n) is 4.75. The number of aliphatic hydroxyl groups excluding tert-OH is 1. The molecule has 0 spiro atoms. The van der Waals surface area contributed by atoms with Crippen LogP contribution in [0.2, 0.25) is 0 Å². The predicted molar refractivity (Wildman–Crippen MR) is 207 cm³/mol. The molecular weight excluding hydrogens is 635 g/mol. The summed E-state index contributed by atoms with van der Waals surface area (Å²) in [6.45, 7) is 3.71. The van der Waals surface area contributed by atoms with Crippen molar-refractivity contribution in [1.82, 2.24) is 5.32 Å². The van der Waals surface area contributed by atoms with E-state index in [1.165, 1.54) is 25.7 Å². The zero-order chi connectivity index (χ0) is 36.1. The number of allylic oxidation sites excluding steroid dienone is 13. The lowest BCUT2D eigenvalue weighted by atomic mass is 10.1. The maximum absolute atomic E-state index is 12.7. The van der Waals surface area contributed by atoms with Crippen LogP contribution in [0.3, 0.4) is 0 Å². The van der Waals surface area contributed by atoms with Crippen molar-refractivity contribution in [3.05, 3.63) is 85.1 Å². The van der Waals surface area contributed by atoms with E-state index in [0.717, 1.165) is 83.5 Å². The van der Waals surface area contributed by atoms with Gasteiger partial charge in [0.1, 0.15) is 0 Å². The Morgan fingerprint density at radius 2 is 1.22 bits per heavy atom. The topological polar surface area (TPSA) is 131 Å². The molecule has 0 saturated heterocycles. The first-order valence-corrected chi connectivity index (χ1v) is 20.2. The summed E-state index contributed by atoms with van der Waals surface area (Å²) >= 11 is 0. The number of rotatable bonds is 33. The van der Waals surface area contributed by atoms with Crippen LogP contribution >= 0.6 is 7.82 Å². The summed E-state index contributed by atoms with van der Waals surface area (Å²) in [7, 11) is -4.35. The van der Waals surface area contributed by atoms with Crippen molar-refractivity contribution in [2.45, 2.75) is 142 Å². The lowest BCUT2D eigenvalue weighted by molar-refractivity contribution is -0.123. The molecule has 49 heavy (non-hydrogen) atoms. The first-order chi connectivity index (χ1) is 23.9. The number of carbonyl (C=O) groups is 1. The molecule has 280 valence electrons. The molecule has 0 saturated carbocycles. The highest BCUT2D eigenvalue weighted by molar-refractivity contribution is 7.47. The Hall–Kier alpha value is -2.32. The molecule has 0 aliphatic rings. The highest BCUT2D eigenvalue weighted by atomic mass is 31.2. The van der Waals surface area contributed by atoms with E-state index in [2.05, 4.69) is 79.1 Å². The van der Waals surface area contributed by atoms with Gasteiger partial charge in [-0.25, -0.2) is 4.57 Å². The molecule has 0 bridgehead atoms. The van der Waals surface area contributed by atoms with Crippen LogP contribution in [-0.4, -0.2) is 47.8 Å². The molecule has 0 fully saturated rings. The van der Waals surface area contributed by atoms with Crippen molar-refractivity contribution < 1.29 is 28.4 Å². The SMILES string of the molecule is C/C=C/CC/C=C/CC/C=C/C(O)C(COP(=O)(O)OCCN)NC(=O)CCCCCCCCCC/C=C\C/C=C\C/C=C\C/C=C\CC. The normalized spacial score (nSPS) is 15.3. The summed E-state index contributed by atoms with van der Waals surface area (Å²) < 4.78 is 21.9. The largest absolute Gasteiger partial charge is 0.472 e. The third-order valence-electron chi connectivity index (χ3n) is 7.53. The number of nitrogens with one attached hydrogen (secondary N) is 1. The molecule has 0 aromatic rings. The van der Waals surface area contributed by atoms with Gasteiger partial charge in [-0.1, -0.05) is 131 Å². The summed E-state index contributed by atoms with van der Waals surface area (Å²) in [5.74, 6) is -0.225. The summed E-state index contributed by atoms with van der Waals surface area (Å²) in [6.07, 6.45) is 46.6. The van der Waals surface area contributed by atoms with Gasteiger partial charge in [0.15, 0.2) is 0 Å². The van der Waals surface area contributed by atoms with E-state index >= 15 is 0 Å². The van der Waals surface area contributed by atoms with Gasteiger partial charge < -0.3 is 21.1 Å². The molecular formula is C40H69N2O6P. The van der Waals surface area contributed by atoms with Gasteiger partial charge in [0, 0.05) is 13.0 Å². The van der Waals surface area contributed by atoms with Crippen molar-refractivity contribution >= 4 is 13.7 Å². The molecule has 0 aliphatic carbocycles. The van der Waals surface area contributed by atoms with E-state index in [1.54, 1.807) is 6.08 Å². The number of unbranched alkanes of at least 4 members (excludes halogenated alkanes) is 10. The molecule has 3 atom stereocenters. The zero-order valence-electron chi connectivity index (χ0n) is 30.6. The van der Waals surface area contributed by atoms with Crippen molar-refractivity contribution in [3.8, 4) is 0 Å². The van der Waals surface area contributed by atoms with E-state index in [9.17, 15) is 19.4 Å². The minimum absolute atomic E-state index is 0.0653. The maximum atomic E-state index is 12.7. The van der Waals surface area contributed by atoms with Crippen LogP contribution in [0.15, 0.2) is 85.1 Å². The van der Waals surface area contributed by atoms with Crippen LogP contribution in [0, 0.1) is 0 Å². The number of hydrogen-bond donors (Lipinski definition) is 4. The molecule has 3 unspecified atom stereocenters. The Bertz CT molecular complexity index is 1030. The average molecular weight is 705 g/mol. The Morgan fingerprint density at radius 3 is 1.82 bits per heavy atom. The van der Waals surface area contributed by atoms with E-state index < -0.39 is 20.0 Å². The van der Waals surface area contributed by atoms with Crippen LogP contribution in [0.1, 0.15) is 129 Å². The van der Waals surface area contributed by atoms with Crippen LogP contribution < -0.4 is 11.1 Å². The third kappa shape index (κ3) is 33.9. The molecule has 5 N–H and O–H groups in total. The third-order valence-corrected chi connectivity index (χ3v) is 8.51. The predicted octanol–water partition coefficient (Wildman–Crippen LogP) is 9.88. The lowest BCUT2D eigenvalue weighted by Gasteiger charge is -2.23. The van der Waals surface area contributed by atoms with Gasteiger partial charge in [0.2, 0.25) is 5.91 Å². The smallest absolute Gasteiger partial charge is 0.387 e. The number of aliphatic hydroxyl groups is 1. The standard InChI is InChI=1S/C40H69N2O6P/c1-3-5-7-9-11-13-14-15-16-17-18-19-20-21-22-23-24-26-28-30-32-34-40(44)42-38(37-48-49(45,46)47-36-35-41)39(43)33-31-29-27-25-12-10-8-6-4-2/h4-7,11-13,15-16,18-19,25,31,33,38-39,43H,3,8-10,14,17,20-24,26-30,32,34-37,41H2,1-2H3,(H,42,44)(H,45,46)/b6-4+,7-5-,13-11-,16-15-,19-18-,25-12+,33-31+. The number of amides is 1. The summed E-state index contributed by atoms with van der Waals surface area (Å²) in [5, 5.41) is 13.5. The second-order valence-electron chi connectivity index (χ2n) is 12.0. The van der Waals surface area contributed by atoms with E-state index in [1.807, 2.05) is 19.1 Å². The average Bonchev–Trinajstić information content (AvgIpc) is 3.09. The van der Waals surface area contributed by atoms with Crippen LogP contribution in [0.4, 0.5) is 0 Å². The summed E-state index contributed by atoms with van der Waals surface area (Å²) in [4.78, 5) is 22.5. The molecule has 0 heterocycles. The zero-order valence-corrected chi connectivity index (χ0v) is 31.5. The molecule has 8 nitrogen and oxygen atoms in total. The summed E-state index contributed by atoms with van der Waals surface area (Å²) in [6, 6.07) is -0.890. The van der Waals surface area contributed by atoms with Crippen LogP contribution in [0.25, 0.3) is 0 Å². The van der Waals surface area contributed by atoms with E-state index in [4.69, 9.17) is 14.8 Å². The number of carbonyl (C=O) groups excluding carboxylic acids is 1. The van der Waals surface area contributed by atoms with Crippen molar-refractivity contribution in [1.29, 1.82) is 0 Å². The lowest BCUT2D eigenvalue weighted by Crippen LogP contribution is -2.45. The van der Waals surface area contributed by atoms with Crippen LogP contribution in [0.5, 0.6) is 0 Å². The Labute approximate surface area is 299 Å². The second-order valence-corrected chi connectivity index (χ2v) is 13.5. The van der Waals surface area contributed by atoms with E-state index in [-0.39, 0.29) is 25.7 Å². The molecule has 1 amide bonds. The molecule has 0 aromatic carbocycles. The highest BCUT2D eigenvalue weighted by Crippen LogP contribution is 2.43. The Kier molecular flexibility index (Phi) is 33.8. The fourth-order valence-corrected chi connectivity index (χ4v) is 5.51. The first kappa shape index (κ1) is 46.7. The van der Waals surface area contributed by atoms with E-state index in [0.29, 0.717) is 6.42 Å². The van der Waals surface area contributed by atoms with Gasteiger partial charge >= 0.3 is 7.82 Å². The molecule has 0 radical (unpaired) electrons. The molecule has 0 rings (SSSR count). The Balaban J connectivity index is 4.24. The van der Waals surface area contributed by atoms with Crippen LogP contribution in [-0.2, 0) is 18.4 Å². The minimum atomic E-state index is -4.35. The van der Waals surface area contributed by atoms with Gasteiger partial charge in [-0.05, 0) is 77.6 Å². The maximum Gasteiger partial charge on any atom is 0.472 e. The monoisotopic (exact) mass is 704 g/mol. The molecule has 9 heteroatoms. The highest BCUT2D eigenvalue weighted by Gasteiger charge is 2.26. The van der Waals surface area contributed by atoms with Gasteiger partial charge in [-0.15, -0.1) is 0 Å². The van der Waals surface area contributed by atoms with Gasteiger partial charge in [-0.3, -0.25) is 13.8 Å².